The normalized spacial score (nSPS) is 15.8. The molecule has 3 heterocycles. The third-order valence-corrected chi connectivity index (χ3v) is 5.59. The van der Waals surface area contributed by atoms with Gasteiger partial charge in [0.2, 0.25) is 5.91 Å². The molecule has 0 radical (unpaired) electrons. The van der Waals surface area contributed by atoms with Crippen LogP contribution < -0.4 is 5.32 Å². The van der Waals surface area contributed by atoms with Crippen molar-refractivity contribution in [1.29, 1.82) is 0 Å². The van der Waals surface area contributed by atoms with E-state index in [0.717, 1.165) is 60.7 Å². The molecule has 5 nitrogen and oxygen atoms in total. The Morgan fingerprint density at radius 1 is 1.19 bits per heavy atom. The molecule has 6 heteroatoms. The molecule has 1 atom stereocenters. The zero-order valence-electron chi connectivity index (χ0n) is 17.7. The van der Waals surface area contributed by atoms with Gasteiger partial charge in [-0.1, -0.05) is 18.2 Å². The lowest BCUT2D eigenvalue weighted by molar-refractivity contribution is -0.132. The number of benzene rings is 1. The van der Waals surface area contributed by atoms with Gasteiger partial charge in [0, 0.05) is 30.5 Å². The predicted octanol–water partition coefficient (Wildman–Crippen LogP) is 5.35. The van der Waals surface area contributed by atoms with Crippen molar-refractivity contribution in [3.8, 4) is 0 Å². The topological polar surface area (TPSA) is 58.1 Å². The Hall–Kier alpha value is -3.28. The smallest absolute Gasteiger partial charge is 0.223 e. The Balaban J connectivity index is 1.41. The lowest BCUT2D eigenvalue weighted by atomic mass is 10.1. The van der Waals surface area contributed by atoms with Gasteiger partial charge in [0.05, 0.1) is 11.7 Å². The fourth-order valence-electron chi connectivity index (χ4n) is 4.13. The van der Waals surface area contributed by atoms with Crippen LogP contribution >= 0.6 is 0 Å². The maximum atomic E-state index is 13.0. The van der Waals surface area contributed by atoms with E-state index in [4.69, 9.17) is 4.98 Å². The van der Waals surface area contributed by atoms with Crippen LogP contribution in [0.1, 0.15) is 48.7 Å². The number of aromatic nitrogens is 2. The lowest BCUT2D eigenvalue weighted by Crippen LogP contribution is -2.31. The molecule has 1 amide bonds. The summed E-state index contributed by atoms with van der Waals surface area (Å²) in [6.07, 6.45) is 5.66. The number of aryl methyl sites for hydroxylation is 2. The molecule has 1 aliphatic heterocycles. The summed E-state index contributed by atoms with van der Waals surface area (Å²) in [4.78, 5) is 24.0. The number of carbonyl (C=O) groups excluding carboxylic acids is 1. The first kappa shape index (κ1) is 21.0. The standard InChI is InChI=1S/C25H27FN4O/c1-18-16-21(29-24-8-2-3-14-27-24)17-22(28-18)23-7-5-15-30(23)25(31)9-4-6-19-10-12-20(26)13-11-19/h2-3,8,10-14,16-17,23H,4-7,9,15H2,1H3,(H,27,28,29)/t23-/m1/s1. The van der Waals surface area contributed by atoms with Gasteiger partial charge in [-0.25, -0.2) is 9.37 Å². The molecule has 160 valence electrons. The molecule has 1 saturated heterocycles. The number of rotatable bonds is 7. The van der Waals surface area contributed by atoms with Crippen molar-refractivity contribution in [2.75, 3.05) is 11.9 Å². The molecule has 31 heavy (non-hydrogen) atoms. The summed E-state index contributed by atoms with van der Waals surface area (Å²) in [6, 6.07) is 16.3. The van der Waals surface area contributed by atoms with Crippen LogP contribution in [-0.2, 0) is 11.2 Å². The van der Waals surface area contributed by atoms with Crippen LogP contribution in [0.2, 0.25) is 0 Å². The second-order valence-electron chi connectivity index (χ2n) is 7.99. The van der Waals surface area contributed by atoms with Crippen LogP contribution in [0.5, 0.6) is 0 Å². The lowest BCUT2D eigenvalue weighted by Gasteiger charge is -2.25. The van der Waals surface area contributed by atoms with Crippen molar-refractivity contribution >= 4 is 17.4 Å². The largest absolute Gasteiger partial charge is 0.340 e. The SMILES string of the molecule is Cc1cc(Nc2ccccn2)cc([C@H]2CCCN2C(=O)CCCc2ccc(F)cc2)n1. The highest BCUT2D eigenvalue weighted by atomic mass is 19.1. The van der Waals surface area contributed by atoms with Crippen LogP contribution in [0.25, 0.3) is 0 Å². The van der Waals surface area contributed by atoms with Gasteiger partial charge in [0.15, 0.2) is 0 Å². The van der Waals surface area contributed by atoms with Crippen LogP contribution in [0, 0.1) is 12.7 Å². The van der Waals surface area contributed by atoms with Gasteiger partial charge in [-0.05, 0) is 74.6 Å². The molecule has 2 aromatic heterocycles. The number of hydrogen-bond donors (Lipinski definition) is 1. The summed E-state index contributed by atoms with van der Waals surface area (Å²) in [6.45, 7) is 2.73. The number of nitrogens with zero attached hydrogens (tertiary/aromatic N) is 3. The van der Waals surface area contributed by atoms with E-state index in [1.54, 1.807) is 18.3 Å². The minimum atomic E-state index is -0.234. The number of halogens is 1. The summed E-state index contributed by atoms with van der Waals surface area (Å²) in [5, 5.41) is 3.33. The van der Waals surface area contributed by atoms with Crippen molar-refractivity contribution < 1.29 is 9.18 Å². The molecular formula is C25H27FN4O. The summed E-state index contributed by atoms with van der Waals surface area (Å²) in [5.74, 6) is 0.702. The first-order valence-corrected chi connectivity index (χ1v) is 10.8. The first-order valence-electron chi connectivity index (χ1n) is 10.8. The third kappa shape index (κ3) is 5.45. The Kier molecular flexibility index (Phi) is 6.55. The zero-order valence-corrected chi connectivity index (χ0v) is 17.7. The van der Waals surface area contributed by atoms with Gasteiger partial charge in [0.25, 0.3) is 0 Å². The first-order chi connectivity index (χ1) is 15.1. The minimum Gasteiger partial charge on any atom is -0.340 e. The molecule has 1 N–H and O–H groups in total. The monoisotopic (exact) mass is 418 g/mol. The third-order valence-electron chi connectivity index (χ3n) is 5.59. The number of likely N-dealkylation sites (tertiary alicyclic amines) is 1. The molecular weight excluding hydrogens is 391 g/mol. The van der Waals surface area contributed by atoms with Crippen molar-refractivity contribution in [2.45, 2.75) is 45.1 Å². The zero-order chi connectivity index (χ0) is 21.6. The van der Waals surface area contributed by atoms with E-state index >= 15 is 0 Å². The molecule has 1 fully saturated rings. The molecule has 1 aliphatic rings. The van der Waals surface area contributed by atoms with Crippen LogP contribution in [0.3, 0.4) is 0 Å². The van der Waals surface area contributed by atoms with E-state index in [9.17, 15) is 9.18 Å². The molecule has 0 bridgehead atoms. The van der Waals surface area contributed by atoms with Crippen molar-refractivity contribution in [3.63, 3.8) is 0 Å². The van der Waals surface area contributed by atoms with Gasteiger partial charge in [-0.3, -0.25) is 9.78 Å². The minimum absolute atomic E-state index is 0.00232. The number of carbonyl (C=O) groups is 1. The summed E-state index contributed by atoms with van der Waals surface area (Å²) in [5.41, 5.74) is 3.81. The summed E-state index contributed by atoms with van der Waals surface area (Å²) < 4.78 is 13.0. The van der Waals surface area contributed by atoms with Crippen molar-refractivity contribution in [2.24, 2.45) is 0 Å². The second kappa shape index (κ2) is 9.69. The van der Waals surface area contributed by atoms with Gasteiger partial charge < -0.3 is 10.2 Å². The fraction of sp³-hybridized carbons (Fsp3) is 0.320. The van der Waals surface area contributed by atoms with Crippen LogP contribution in [0.4, 0.5) is 15.9 Å². The van der Waals surface area contributed by atoms with Gasteiger partial charge in [-0.2, -0.15) is 0 Å². The van der Waals surface area contributed by atoms with E-state index in [-0.39, 0.29) is 17.8 Å². The average molecular weight is 419 g/mol. The molecule has 0 saturated carbocycles. The van der Waals surface area contributed by atoms with Crippen LogP contribution in [0.15, 0.2) is 60.8 Å². The molecule has 3 aromatic rings. The van der Waals surface area contributed by atoms with Gasteiger partial charge in [-0.15, -0.1) is 0 Å². The Morgan fingerprint density at radius 2 is 2.03 bits per heavy atom. The molecule has 0 unspecified atom stereocenters. The molecule has 0 aliphatic carbocycles. The van der Waals surface area contributed by atoms with E-state index in [2.05, 4.69) is 10.3 Å². The molecule has 1 aromatic carbocycles. The Morgan fingerprint density at radius 3 is 2.81 bits per heavy atom. The summed E-state index contributed by atoms with van der Waals surface area (Å²) >= 11 is 0. The summed E-state index contributed by atoms with van der Waals surface area (Å²) in [7, 11) is 0. The van der Waals surface area contributed by atoms with E-state index in [0.29, 0.717) is 6.42 Å². The van der Waals surface area contributed by atoms with Crippen molar-refractivity contribution in [3.05, 3.63) is 83.6 Å². The fourth-order valence-corrected chi connectivity index (χ4v) is 4.13. The number of hydrogen-bond acceptors (Lipinski definition) is 4. The highest BCUT2D eigenvalue weighted by Crippen LogP contribution is 2.33. The second-order valence-corrected chi connectivity index (χ2v) is 7.99. The average Bonchev–Trinajstić information content (AvgIpc) is 3.26. The van der Waals surface area contributed by atoms with Gasteiger partial charge >= 0.3 is 0 Å². The predicted molar refractivity (Wildman–Crippen MR) is 120 cm³/mol. The maximum absolute atomic E-state index is 13.0. The molecule has 0 spiro atoms. The quantitative estimate of drug-likeness (QED) is 0.562. The number of amides is 1. The highest BCUT2D eigenvalue weighted by Gasteiger charge is 2.30. The maximum Gasteiger partial charge on any atom is 0.223 e. The number of pyridine rings is 2. The Labute approximate surface area is 182 Å². The Bertz CT molecular complexity index is 1020. The highest BCUT2D eigenvalue weighted by molar-refractivity contribution is 5.77. The van der Waals surface area contributed by atoms with E-state index in [1.807, 2.05) is 42.2 Å². The van der Waals surface area contributed by atoms with Crippen molar-refractivity contribution in [1.82, 2.24) is 14.9 Å². The molecule has 4 rings (SSSR count). The van der Waals surface area contributed by atoms with Crippen LogP contribution in [-0.4, -0.2) is 27.3 Å². The number of anilines is 2. The van der Waals surface area contributed by atoms with E-state index in [1.165, 1.54) is 12.1 Å². The van der Waals surface area contributed by atoms with Gasteiger partial charge in [0.1, 0.15) is 11.6 Å². The number of nitrogens with one attached hydrogen (secondary N) is 1. The van der Waals surface area contributed by atoms with E-state index < -0.39 is 0 Å².